The lowest BCUT2D eigenvalue weighted by atomic mass is 10.1. The first-order chi connectivity index (χ1) is 14.6. The molecule has 6 heteroatoms. The molecule has 0 spiro atoms. The molecule has 0 saturated carbocycles. The lowest BCUT2D eigenvalue weighted by Gasteiger charge is -2.11. The standard InChI is InChI=1S/C24H18FNO4/c25-17-11-9-16(10-12-17)14-29-23-8-4-2-6-19(23)24(28)30-15-22(27)20-13-26-21-7-3-1-5-18(20)21/h1-13,26H,14-15H2. The molecule has 0 amide bonds. The summed E-state index contributed by atoms with van der Waals surface area (Å²) in [7, 11) is 0. The molecule has 4 aromatic rings. The summed E-state index contributed by atoms with van der Waals surface area (Å²) in [6.07, 6.45) is 1.61. The van der Waals surface area contributed by atoms with E-state index in [9.17, 15) is 14.0 Å². The number of halogens is 1. The average Bonchev–Trinajstić information content (AvgIpc) is 3.21. The van der Waals surface area contributed by atoms with Crippen LogP contribution in [0.5, 0.6) is 5.75 Å². The fourth-order valence-electron chi connectivity index (χ4n) is 3.09. The Kier molecular flexibility index (Phi) is 5.57. The zero-order valence-electron chi connectivity index (χ0n) is 15.9. The molecule has 3 aromatic carbocycles. The number of esters is 1. The van der Waals surface area contributed by atoms with Crippen molar-refractivity contribution in [3.05, 3.63) is 102 Å². The van der Waals surface area contributed by atoms with Gasteiger partial charge in [0.1, 0.15) is 23.7 Å². The number of fused-ring (bicyclic) bond motifs is 1. The van der Waals surface area contributed by atoms with Gasteiger partial charge in [-0.3, -0.25) is 4.79 Å². The van der Waals surface area contributed by atoms with Crippen LogP contribution in [-0.4, -0.2) is 23.3 Å². The number of carbonyl (C=O) groups is 2. The Morgan fingerprint density at radius 1 is 0.867 bits per heavy atom. The van der Waals surface area contributed by atoms with E-state index in [4.69, 9.17) is 9.47 Å². The van der Waals surface area contributed by atoms with Gasteiger partial charge in [0.15, 0.2) is 6.61 Å². The summed E-state index contributed by atoms with van der Waals surface area (Å²) in [6, 6.07) is 19.9. The van der Waals surface area contributed by atoms with Gasteiger partial charge < -0.3 is 14.5 Å². The van der Waals surface area contributed by atoms with Crippen molar-refractivity contribution in [3.8, 4) is 5.75 Å². The van der Waals surface area contributed by atoms with Crippen molar-refractivity contribution >= 4 is 22.7 Å². The van der Waals surface area contributed by atoms with Gasteiger partial charge >= 0.3 is 5.97 Å². The van der Waals surface area contributed by atoms with Crippen molar-refractivity contribution in [2.75, 3.05) is 6.61 Å². The van der Waals surface area contributed by atoms with Crippen LogP contribution in [0.1, 0.15) is 26.3 Å². The number of ether oxygens (including phenoxy) is 2. The second kappa shape index (κ2) is 8.61. The predicted molar refractivity (Wildman–Crippen MR) is 110 cm³/mol. The van der Waals surface area contributed by atoms with Gasteiger partial charge in [0.2, 0.25) is 5.78 Å². The third-order valence-electron chi connectivity index (χ3n) is 4.64. The Morgan fingerprint density at radius 2 is 1.60 bits per heavy atom. The molecular weight excluding hydrogens is 385 g/mol. The second-order valence-corrected chi connectivity index (χ2v) is 6.66. The van der Waals surface area contributed by atoms with Crippen molar-refractivity contribution in [2.45, 2.75) is 6.61 Å². The number of carbonyl (C=O) groups excluding carboxylic acids is 2. The number of hydrogen-bond acceptors (Lipinski definition) is 4. The van der Waals surface area contributed by atoms with E-state index in [1.54, 1.807) is 42.6 Å². The summed E-state index contributed by atoms with van der Waals surface area (Å²) in [4.78, 5) is 28.1. The Bertz CT molecular complexity index is 1200. The van der Waals surface area contributed by atoms with E-state index in [0.717, 1.165) is 16.5 Å². The number of rotatable bonds is 7. The van der Waals surface area contributed by atoms with Gasteiger partial charge in [0, 0.05) is 22.7 Å². The van der Waals surface area contributed by atoms with Crippen LogP contribution in [0.3, 0.4) is 0 Å². The first kappa shape index (κ1) is 19.4. The van der Waals surface area contributed by atoms with Gasteiger partial charge in [0.05, 0.1) is 0 Å². The highest BCUT2D eigenvalue weighted by molar-refractivity contribution is 6.09. The van der Waals surface area contributed by atoms with Crippen LogP contribution in [-0.2, 0) is 11.3 Å². The molecule has 1 aromatic heterocycles. The van der Waals surface area contributed by atoms with Crippen LogP contribution in [0.25, 0.3) is 10.9 Å². The molecule has 0 unspecified atom stereocenters. The number of nitrogens with one attached hydrogen (secondary N) is 1. The van der Waals surface area contributed by atoms with Crippen LogP contribution in [0, 0.1) is 5.82 Å². The van der Waals surface area contributed by atoms with Crippen molar-refractivity contribution in [1.82, 2.24) is 4.98 Å². The lowest BCUT2D eigenvalue weighted by Crippen LogP contribution is -2.15. The number of hydrogen-bond donors (Lipinski definition) is 1. The molecule has 150 valence electrons. The molecule has 1 heterocycles. The van der Waals surface area contributed by atoms with Crippen LogP contribution < -0.4 is 4.74 Å². The quantitative estimate of drug-likeness (QED) is 0.351. The minimum Gasteiger partial charge on any atom is -0.488 e. The van der Waals surface area contributed by atoms with Crippen molar-refractivity contribution in [3.63, 3.8) is 0 Å². The number of aromatic nitrogens is 1. The minimum atomic E-state index is -0.655. The first-order valence-corrected chi connectivity index (χ1v) is 9.34. The zero-order valence-corrected chi connectivity index (χ0v) is 15.9. The zero-order chi connectivity index (χ0) is 20.9. The van der Waals surface area contributed by atoms with E-state index in [2.05, 4.69) is 4.98 Å². The molecule has 0 bridgehead atoms. The summed E-state index contributed by atoms with van der Waals surface area (Å²) in [6.45, 7) is -0.216. The number of H-pyrrole nitrogens is 1. The summed E-state index contributed by atoms with van der Waals surface area (Å²) in [5, 5.41) is 0.779. The monoisotopic (exact) mass is 403 g/mol. The Morgan fingerprint density at radius 3 is 2.43 bits per heavy atom. The van der Waals surface area contributed by atoms with Gasteiger partial charge in [-0.1, -0.05) is 42.5 Å². The van der Waals surface area contributed by atoms with Gasteiger partial charge in [-0.05, 0) is 35.9 Å². The molecule has 0 atom stereocenters. The highest BCUT2D eigenvalue weighted by Gasteiger charge is 2.18. The summed E-state index contributed by atoms with van der Waals surface area (Å²) < 4.78 is 24.0. The van der Waals surface area contributed by atoms with Crippen molar-refractivity contribution in [1.29, 1.82) is 0 Å². The van der Waals surface area contributed by atoms with E-state index in [-0.39, 0.29) is 30.4 Å². The van der Waals surface area contributed by atoms with Crippen molar-refractivity contribution < 1.29 is 23.5 Å². The average molecular weight is 403 g/mol. The first-order valence-electron chi connectivity index (χ1n) is 9.34. The molecule has 1 N–H and O–H groups in total. The molecule has 0 aliphatic rings. The van der Waals surface area contributed by atoms with Gasteiger partial charge in [0.25, 0.3) is 0 Å². The molecule has 30 heavy (non-hydrogen) atoms. The van der Waals surface area contributed by atoms with E-state index in [0.29, 0.717) is 11.3 Å². The lowest BCUT2D eigenvalue weighted by molar-refractivity contribution is 0.0470. The molecular formula is C24H18FNO4. The normalized spacial score (nSPS) is 10.7. The van der Waals surface area contributed by atoms with Gasteiger partial charge in [-0.2, -0.15) is 0 Å². The Labute approximate surface area is 172 Å². The van der Waals surface area contributed by atoms with E-state index < -0.39 is 5.97 Å². The topological polar surface area (TPSA) is 68.4 Å². The number of para-hydroxylation sites is 2. The van der Waals surface area contributed by atoms with Crippen molar-refractivity contribution in [2.24, 2.45) is 0 Å². The summed E-state index contributed by atoms with van der Waals surface area (Å²) in [5.41, 5.74) is 2.28. The largest absolute Gasteiger partial charge is 0.488 e. The molecule has 0 radical (unpaired) electrons. The molecule has 0 aliphatic carbocycles. The molecule has 0 aliphatic heterocycles. The van der Waals surface area contributed by atoms with Crippen LogP contribution >= 0.6 is 0 Å². The highest BCUT2D eigenvalue weighted by atomic mass is 19.1. The summed E-state index contributed by atoms with van der Waals surface area (Å²) >= 11 is 0. The fraction of sp³-hybridized carbons (Fsp3) is 0.0833. The van der Waals surface area contributed by atoms with Crippen LogP contribution in [0.15, 0.2) is 79.0 Å². The molecule has 5 nitrogen and oxygen atoms in total. The highest BCUT2D eigenvalue weighted by Crippen LogP contribution is 2.22. The maximum absolute atomic E-state index is 13.0. The van der Waals surface area contributed by atoms with E-state index >= 15 is 0 Å². The minimum absolute atomic E-state index is 0.166. The third kappa shape index (κ3) is 4.22. The van der Waals surface area contributed by atoms with Gasteiger partial charge in [-0.15, -0.1) is 0 Å². The van der Waals surface area contributed by atoms with Gasteiger partial charge in [-0.25, -0.2) is 9.18 Å². The second-order valence-electron chi connectivity index (χ2n) is 6.66. The number of aromatic amines is 1. The van der Waals surface area contributed by atoms with E-state index in [1.807, 2.05) is 24.3 Å². The molecule has 0 saturated heterocycles. The number of ketones is 1. The Hall–Kier alpha value is -3.93. The fourth-order valence-corrected chi connectivity index (χ4v) is 3.09. The van der Waals surface area contributed by atoms with Crippen LogP contribution in [0.2, 0.25) is 0 Å². The molecule has 0 fully saturated rings. The van der Waals surface area contributed by atoms with Crippen LogP contribution in [0.4, 0.5) is 4.39 Å². The third-order valence-corrected chi connectivity index (χ3v) is 4.64. The number of Topliss-reactive ketones (excluding diaryl/α,β-unsaturated/α-hetero) is 1. The maximum Gasteiger partial charge on any atom is 0.342 e. The maximum atomic E-state index is 13.0. The summed E-state index contributed by atoms with van der Waals surface area (Å²) in [5.74, 6) is -0.961. The molecule has 4 rings (SSSR count). The Balaban J connectivity index is 1.42. The van der Waals surface area contributed by atoms with E-state index in [1.165, 1.54) is 12.1 Å². The number of benzene rings is 3. The smallest absolute Gasteiger partial charge is 0.342 e. The SMILES string of the molecule is O=C(OCC(=O)c1c[nH]c2ccccc12)c1ccccc1OCc1ccc(F)cc1. The predicted octanol–water partition coefficient (Wildman–Crippen LogP) is 4.93.